The lowest BCUT2D eigenvalue weighted by atomic mass is 10.1. The molecule has 0 bridgehead atoms. The summed E-state index contributed by atoms with van der Waals surface area (Å²) >= 11 is 0. The molecule has 0 fully saturated rings. The highest BCUT2D eigenvalue weighted by atomic mass is 16.5. The second-order valence-electron chi connectivity index (χ2n) is 10.3. The van der Waals surface area contributed by atoms with E-state index in [4.69, 9.17) is 10.4 Å². The van der Waals surface area contributed by atoms with Gasteiger partial charge in [0.25, 0.3) is 11.8 Å². The molecule has 0 saturated carbocycles. The first kappa shape index (κ1) is 32.8. The Morgan fingerprint density at radius 1 is 0.646 bits per heavy atom. The molecule has 4 N–H and O–H groups in total. The number of aromatic nitrogens is 7. The second-order valence-corrected chi connectivity index (χ2v) is 10.3. The van der Waals surface area contributed by atoms with Crippen LogP contribution in [-0.2, 0) is 22.7 Å². The summed E-state index contributed by atoms with van der Waals surface area (Å²) in [6.07, 6.45) is 13.0. The maximum absolute atomic E-state index is 11.0. The maximum atomic E-state index is 11.0. The Morgan fingerprint density at radius 3 is 1.67 bits per heavy atom. The Bertz CT molecular complexity index is 1860. The lowest BCUT2D eigenvalue weighted by molar-refractivity contribution is -0.124. The molecule has 3 aromatic heterocycles. The number of hydroxylamine groups is 2. The summed E-state index contributed by atoms with van der Waals surface area (Å²) in [4.78, 5) is 26.1. The molecule has 0 aliphatic heterocycles. The van der Waals surface area contributed by atoms with Gasteiger partial charge >= 0.3 is 0 Å². The van der Waals surface area contributed by atoms with Crippen molar-refractivity contribution in [3.8, 4) is 22.5 Å². The van der Waals surface area contributed by atoms with E-state index in [1.165, 1.54) is 12.2 Å². The predicted molar refractivity (Wildman–Crippen MR) is 178 cm³/mol. The number of nitrogens with one attached hydrogen (secondary N) is 2. The summed E-state index contributed by atoms with van der Waals surface area (Å²) in [5, 5.41) is 33.6. The van der Waals surface area contributed by atoms with Crippen molar-refractivity contribution in [2.45, 2.75) is 13.1 Å². The Hall–Kier alpha value is -6.57. The fourth-order valence-electron chi connectivity index (χ4n) is 4.52. The molecule has 0 aliphatic rings. The van der Waals surface area contributed by atoms with Crippen LogP contribution in [-0.4, -0.2) is 57.2 Å². The van der Waals surface area contributed by atoms with E-state index < -0.39 is 11.8 Å². The van der Waals surface area contributed by atoms with Crippen LogP contribution in [0.1, 0.15) is 22.3 Å². The molecule has 0 radical (unpaired) electrons. The molecule has 3 aromatic carbocycles. The normalized spacial score (nSPS) is 10.9. The highest BCUT2D eigenvalue weighted by Gasteiger charge is 2.06. The quantitative estimate of drug-likeness (QED) is 0.0960. The topological polar surface area (TPSA) is 173 Å². The van der Waals surface area contributed by atoms with Gasteiger partial charge in [0, 0.05) is 35.7 Å². The number of nitrogens with zero attached hydrogens (tertiary/aromatic N) is 7. The van der Waals surface area contributed by atoms with Crippen molar-refractivity contribution in [1.29, 1.82) is 0 Å². The highest BCUT2D eigenvalue weighted by Crippen LogP contribution is 2.17. The van der Waals surface area contributed by atoms with Crippen LogP contribution in [0.25, 0.3) is 34.7 Å². The SMILES string of the molecule is O=C(/C=C/c1cccc(Cn2cc(-c3ccccc3)nn2)c1)NO.O=C(C=Cc1cccc(Cn2cc(-c3cccnc3)nn2)c1)NO. The van der Waals surface area contributed by atoms with E-state index in [2.05, 4.69) is 25.6 Å². The lowest BCUT2D eigenvalue weighted by Crippen LogP contribution is -2.14. The van der Waals surface area contributed by atoms with Crippen LogP contribution in [0.4, 0.5) is 0 Å². The third kappa shape index (κ3) is 9.71. The van der Waals surface area contributed by atoms with Gasteiger partial charge in [-0.2, -0.15) is 0 Å². The standard InChI is InChI=1S/C18H16N4O2.C17H15N5O2/c23-18(20-24)10-9-14-5-4-6-15(11-14)12-22-13-17(19-21-22)16-7-2-1-3-8-16;23-17(20-24)7-6-13-3-1-4-14(9-13)11-22-12-16(19-21-22)15-5-2-8-18-10-15/h1-11,13,24H,12H2,(H,20,23);1-10,12,24H,11H2,(H,20,23)/b10-9+;. The summed E-state index contributed by atoms with van der Waals surface area (Å²) in [5.41, 5.74) is 10.4. The van der Waals surface area contributed by atoms with Crippen molar-refractivity contribution in [2.24, 2.45) is 0 Å². The number of hydrogen-bond donors (Lipinski definition) is 4. The minimum Gasteiger partial charge on any atom is -0.288 e. The van der Waals surface area contributed by atoms with Crippen molar-refractivity contribution < 1.29 is 20.0 Å². The molecule has 3 heterocycles. The van der Waals surface area contributed by atoms with E-state index in [1.807, 2.05) is 103 Å². The van der Waals surface area contributed by atoms with Crippen LogP contribution in [0.15, 0.2) is 128 Å². The van der Waals surface area contributed by atoms with Crippen molar-refractivity contribution in [3.63, 3.8) is 0 Å². The van der Waals surface area contributed by atoms with Gasteiger partial charge in [-0.3, -0.25) is 25.0 Å². The lowest BCUT2D eigenvalue weighted by Gasteiger charge is -2.02. The Labute approximate surface area is 275 Å². The maximum Gasteiger partial charge on any atom is 0.267 e. The first-order chi connectivity index (χ1) is 23.5. The second kappa shape index (κ2) is 16.7. The average Bonchev–Trinajstić information content (AvgIpc) is 3.81. The molecule has 0 saturated heterocycles. The number of carbonyl (C=O) groups excluding carboxylic acids is 2. The van der Waals surface area contributed by atoms with E-state index in [1.54, 1.807) is 44.9 Å². The molecular formula is C35H31N9O4. The third-order valence-corrected chi connectivity index (χ3v) is 6.77. The monoisotopic (exact) mass is 641 g/mol. The zero-order valence-electron chi connectivity index (χ0n) is 25.5. The van der Waals surface area contributed by atoms with Gasteiger partial charge in [0.05, 0.1) is 25.5 Å². The van der Waals surface area contributed by atoms with Gasteiger partial charge in [-0.1, -0.05) is 77.2 Å². The van der Waals surface area contributed by atoms with Crippen molar-refractivity contribution >= 4 is 24.0 Å². The molecule has 0 atom stereocenters. The molecule has 0 spiro atoms. The molecule has 13 heteroatoms. The highest BCUT2D eigenvalue weighted by molar-refractivity contribution is 5.91. The molecule has 2 amide bonds. The molecule has 6 rings (SSSR count). The van der Waals surface area contributed by atoms with Crippen LogP contribution in [0.5, 0.6) is 0 Å². The molecule has 240 valence electrons. The Morgan fingerprint density at radius 2 is 1.17 bits per heavy atom. The molecule has 48 heavy (non-hydrogen) atoms. The van der Waals surface area contributed by atoms with E-state index >= 15 is 0 Å². The summed E-state index contributed by atoms with van der Waals surface area (Å²) in [5.74, 6) is -1.14. The Balaban J connectivity index is 0.000000188. The number of pyridine rings is 1. The van der Waals surface area contributed by atoms with Gasteiger partial charge in [0.1, 0.15) is 11.4 Å². The van der Waals surface area contributed by atoms with Gasteiger partial charge in [-0.25, -0.2) is 20.3 Å². The van der Waals surface area contributed by atoms with Gasteiger partial charge in [-0.05, 0) is 58.7 Å². The van der Waals surface area contributed by atoms with Crippen molar-refractivity contribution in [3.05, 3.63) is 150 Å². The van der Waals surface area contributed by atoms with Gasteiger partial charge in [-0.15, -0.1) is 10.2 Å². The van der Waals surface area contributed by atoms with Crippen molar-refractivity contribution in [2.75, 3.05) is 0 Å². The largest absolute Gasteiger partial charge is 0.288 e. The number of rotatable bonds is 10. The predicted octanol–water partition coefficient (Wildman–Crippen LogP) is 4.42. The number of amides is 2. The summed E-state index contributed by atoms with van der Waals surface area (Å²) in [6, 6.07) is 29.0. The number of benzene rings is 3. The summed E-state index contributed by atoms with van der Waals surface area (Å²) in [7, 11) is 0. The third-order valence-electron chi connectivity index (χ3n) is 6.77. The van der Waals surface area contributed by atoms with E-state index in [0.29, 0.717) is 13.1 Å². The summed E-state index contributed by atoms with van der Waals surface area (Å²) < 4.78 is 3.51. The van der Waals surface area contributed by atoms with Crippen LogP contribution < -0.4 is 11.0 Å². The van der Waals surface area contributed by atoms with E-state index in [9.17, 15) is 9.59 Å². The molecular weight excluding hydrogens is 610 g/mol. The zero-order chi connectivity index (χ0) is 33.6. The van der Waals surface area contributed by atoms with Gasteiger partial charge in [0.15, 0.2) is 0 Å². The van der Waals surface area contributed by atoms with E-state index in [-0.39, 0.29) is 0 Å². The molecule has 13 nitrogen and oxygen atoms in total. The van der Waals surface area contributed by atoms with Crippen molar-refractivity contribution in [1.82, 2.24) is 45.9 Å². The minimum atomic E-state index is -0.571. The molecule has 0 aliphatic carbocycles. The summed E-state index contributed by atoms with van der Waals surface area (Å²) in [6.45, 7) is 1.13. The number of carbonyl (C=O) groups is 2. The van der Waals surface area contributed by atoms with Gasteiger partial charge in [0.2, 0.25) is 0 Å². The first-order valence-electron chi connectivity index (χ1n) is 14.7. The first-order valence-corrected chi connectivity index (χ1v) is 14.7. The minimum absolute atomic E-state index is 0.557. The van der Waals surface area contributed by atoms with Crippen LogP contribution in [0.2, 0.25) is 0 Å². The molecule has 6 aromatic rings. The van der Waals surface area contributed by atoms with Crippen LogP contribution in [0, 0.1) is 0 Å². The van der Waals surface area contributed by atoms with E-state index in [0.717, 1.165) is 44.8 Å². The zero-order valence-corrected chi connectivity index (χ0v) is 25.5. The number of hydrogen-bond acceptors (Lipinski definition) is 9. The fraction of sp³-hybridized carbons (Fsp3) is 0.0571. The Kier molecular flexibility index (Phi) is 11.4. The average molecular weight is 642 g/mol. The van der Waals surface area contributed by atoms with Crippen LogP contribution in [0.3, 0.4) is 0 Å². The molecule has 0 unspecified atom stereocenters. The fourth-order valence-corrected chi connectivity index (χ4v) is 4.52. The van der Waals surface area contributed by atoms with Crippen LogP contribution >= 0.6 is 0 Å². The smallest absolute Gasteiger partial charge is 0.267 e. The van der Waals surface area contributed by atoms with Gasteiger partial charge < -0.3 is 0 Å².